The first kappa shape index (κ1) is 23.3. The van der Waals surface area contributed by atoms with E-state index in [9.17, 15) is 18.0 Å². The molecule has 170 valence electrons. The van der Waals surface area contributed by atoms with Gasteiger partial charge in [-0.15, -0.1) is 5.11 Å². The van der Waals surface area contributed by atoms with Crippen molar-refractivity contribution in [2.45, 2.75) is 32.4 Å². The van der Waals surface area contributed by atoms with Gasteiger partial charge >= 0.3 is 6.18 Å². The molecule has 0 fully saturated rings. The Bertz CT molecular complexity index is 1100. The lowest BCUT2D eigenvalue weighted by atomic mass is 10.1. The van der Waals surface area contributed by atoms with Crippen molar-refractivity contribution in [3.05, 3.63) is 53.6 Å². The van der Waals surface area contributed by atoms with E-state index in [-0.39, 0.29) is 18.0 Å². The number of nitrogen functional groups attached to an aromatic ring is 1. The lowest BCUT2D eigenvalue weighted by molar-refractivity contribution is -0.0926. The number of nitrogens with one attached hydrogen (secondary N) is 1. The molecule has 0 spiro atoms. The van der Waals surface area contributed by atoms with Crippen molar-refractivity contribution in [2.24, 2.45) is 10.2 Å². The van der Waals surface area contributed by atoms with Crippen LogP contribution in [-0.4, -0.2) is 41.3 Å². The number of ether oxygens (including phenoxy) is 2. The van der Waals surface area contributed by atoms with Gasteiger partial charge in [0.2, 0.25) is 0 Å². The Morgan fingerprint density at radius 2 is 2.06 bits per heavy atom. The largest absolute Gasteiger partial charge is 0.434 e. The zero-order chi connectivity index (χ0) is 23.5. The van der Waals surface area contributed by atoms with Crippen LogP contribution in [0.3, 0.4) is 0 Å². The number of aromatic nitrogens is 2. The van der Waals surface area contributed by atoms with Crippen molar-refractivity contribution in [1.29, 1.82) is 0 Å². The number of allylic oxidation sites excluding steroid dienone is 1. The molecule has 0 aliphatic carbocycles. The molecule has 3 rings (SSSR count). The fourth-order valence-corrected chi connectivity index (χ4v) is 2.94. The molecular formula is C20H21F3N6O3. The van der Waals surface area contributed by atoms with E-state index in [0.29, 0.717) is 36.5 Å². The maximum atomic E-state index is 12.8. The van der Waals surface area contributed by atoms with Crippen molar-refractivity contribution in [3.63, 3.8) is 0 Å². The fraction of sp³-hybridized carbons (Fsp3) is 0.350. The molecule has 1 amide bonds. The number of halogens is 3. The van der Waals surface area contributed by atoms with Crippen LogP contribution in [0.1, 0.15) is 28.5 Å². The molecule has 3 N–H and O–H groups in total. The van der Waals surface area contributed by atoms with E-state index in [1.54, 1.807) is 13.0 Å². The second-order valence-electron chi connectivity index (χ2n) is 6.85. The van der Waals surface area contributed by atoms with Gasteiger partial charge in [-0.25, -0.2) is 9.97 Å². The van der Waals surface area contributed by atoms with Gasteiger partial charge in [0.25, 0.3) is 5.91 Å². The van der Waals surface area contributed by atoms with Crippen molar-refractivity contribution in [2.75, 3.05) is 18.9 Å². The van der Waals surface area contributed by atoms with Gasteiger partial charge in [0.1, 0.15) is 11.5 Å². The summed E-state index contributed by atoms with van der Waals surface area (Å²) < 4.78 is 48.4. The Morgan fingerprint density at radius 1 is 1.34 bits per heavy atom. The Labute approximate surface area is 181 Å². The van der Waals surface area contributed by atoms with E-state index >= 15 is 0 Å². The molecule has 9 nitrogen and oxygen atoms in total. The number of alkyl halides is 3. The molecular weight excluding hydrogens is 429 g/mol. The lowest BCUT2D eigenvalue weighted by Crippen LogP contribution is -2.39. The molecule has 0 unspecified atom stereocenters. The summed E-state index contributed by atoms with van der Waals surface area (Å²) in [7, 11) is 0. The van der Waals surface area contributed by atoms with Gasteiger partial charge in [0.15, 0.2) is 5.70 Å². The number of carbonyl (C=O) groups is 1. The Morgan fingerprint density at radius 3 is 2.75 bits per heavy atom. The Hall–Kier alpha value is -3.38. The van der Waals surface area contributed by atoms with Crippen LogP contribution < -0.4 is 11.1 Å². The number of hydrogen-bond donors (Lipinski definition) is 2. The van der Waals surface area contributed by atoms with Crippen LogP contribution in [0.25, 0.3) is 10.9 Å². The molecule has 32 heavy (non-hydrogen) atoms. The van der Waals surface area contributed by atoms with Crippen LogP contribution in [0.15, 0.2) is 47.0 Å². The summed E-state index contributed by atoms with van der Waals surface area (Å²) >= 11 is 0. The predicted molar refractivity (Wildman–Crippen MR) is 109 cm³/mol. The molecule has 2 aromatic rings. The van der Waals surface area contributed by atoms with Gasteiger partial charge in [-0.2, -0.15) is 18.3 Å². The lowest BCUT2D eigenvalue weighted by Gasteiger charge is -2.18. The van der Waals surface area contributed by atoms with E-state index < -0.39 is 23.8 Å². The highest BCUT2D eigenvalue weighted by atomic mass is 19.4. The first-order chi connectivity index (χ1) is 15.1. The topological polar surface area (TPSA) is 124 Å². The molecule has 0 radical (unpaired) electrons. The van der Waals surface area contributed by atoms with Crippen molar-refractivity contribution in [3.8, 4) is 0 Å². The molecule has 0 saturated carbocycles. The minimum absolute atomic E-state index is 0.0594. The fourth-order valence-electron chi connectivity index (χ4n) is 2.94. The van der Waals surface area contributed by atoms with Crippen LogP contribution in [0.4, 0.5) is 19.0 Å². The third-order valence-corrected chi connectivity index (χ3v) is 4.67. The van der Waals surface area contributed by atoms with Gasteiger partial charge in [-0.1, -0.05) is 13.2 Å². The number of nitrogens with zero attached hydrogens (tertiary/aromatic N) is 4. The second kappa shape index (κ2) is 9.40. The number of anilines is 1. The molecule has 1 aliphatic rings. The van der Waals surface area contributed by atoms with Crippen LogP contribution in [0.5, 0.6) is 0 Å². The Kier molecular flexibility index (Phi) is 6.84. The van der Waals surface area contributed by atoms with Crippen molar-refractivity contribution < 1.29 is 27.4 Å². The second-order valence-corrected chi connectivity index (χ2v) is 6.85. The van der Waals surface area contributed by atoms with Crippen molar-refractivity contribution in [1.82, 2.24) is 15.3 Å². The van der Waals surface area contributed by atoms with E-state index in [2.05, 4.69) is 38.7 Å². The highest BCUT2D eigenvalue weighted by Crippen LogP contribution is 2.31. The van der Waals surface area contributed by atoms with Crippen LogP contribution in [0, 0.1) is 0 Å². The first-order valence-electron chi connectivity index (χ1n) is 9.51. The van der Waals surface area contributed by atoms with Gasteiger partial charge in [0, 0.05) is 17.6 Å². The zero-order valence-electron chi connectivity index (χ0n) is 17.2. The third kappa shape index (κ3) is 5.08. The molecule has 0 saturated heterocycles. The number of pyridine rings is 2. The molecule has 0 bridgehead atoms. The van der Waals surface area contributed by atoms with E-state index in [1.165, 1.54) is 6.20 Å². The number of amides is 1. The minimum Gasteiger partial charge on any atom is -0.383 e. The Balaban J connectivity index is 1.82. The SMILES string of the molecule is C=C(N=NC(=C)C(F)(F)F)[C@@H](COCC)NC(=O)c1cc2c3c(c(N)nc2cn1)COC3. The summed E-state index contributed by atoms with van der Waals surface area (Å²) in [6.45, 7) is 9.02. The van der Waals surface area contributed by atoms with E-state index in [4.69, 9.17) is 15.2 Å². The summed E-state index contributed by atoms with van der Waals surface area (Å²) in [5.74, 6) is -0.255. The molecule has 1 aliphatic heterocycles. The molecule has 3 heterocycles. The van der Waals surface area contributed by atoms with Crippen LogP contribution in [-0.2, 0) is 22.7 Å². The maximum Gasteiger partial charge on any atom is 0.434 e. The monoisotopic (exact) mass is 450 g/mol. The standard InChI is InChI=1S/C20H21F3N6O3/c1-4-31-9-17(10(2)28-29-11(3)20(21,22)23)27-19(30)15-5-12-13-7-32-8-14(13)18(24)26-16(12)6-25-15/h5-6,17H,2-4,7-9H2,1H3,(H2,24,26)(H,27,30)/t17-/m1/s1. The van der Waals surface area contributed by atoms with E-state index in [0.717, 1.165) is 11.1 Å². The van der Waals surface area contributed by atoms with Crippen LogP contribution >= 0.6 is 0 Å². The smallest absolute Gasteiger partial charge is 0.383 e. The van der Waals surface area contributed by atoms with Gasteiger partial charge < -0.3 is 20.5 Å². The number of nitrogens with two attached hydrogens (primary N) is 1. The average molecular weight is 450 g/mol. The quantitative estimate of drug-likeness (QED) is 0.594. The first-order valence-corrected chi connectivity index (χ1v) is 9.51. The average Bonchev–Trinajstić information content (AvgIpc) is 3.24. The normalized spacial score (nSPS) is 14.5. The summed E-state index contributed by atoms with van der Waals surface area (Å²) in [6.07, 6.45) is -3.31. The van der Waals surface area contributed by atoms with Crippen LogP contribution in [0.2, 0.25) is 0 Å². The molecule has 12 heteroatoms. The number of carbonyl (C=O) groups excluding carboxylic acids is 1. The molecule has 0 aromatic carbocycles. The van der Waals surface area contributed by atoms with E-state index in [1.807, 2.05) is 0 Å². The van der Waals surface area contributed by atoms with Gasteiger partial charge in [-0.05, 0) is 18.6 Å². The predicted octanol–water partition coefficient (Wildman–Crippen LogP) is 3.42. The maximum absolute atomic E-state index is 12.8. The highest BCUT2D eigenvalue weighted by Gasteiger charge is 2.32. The number of azo groups is 1. The molecule has 2 aromatic heterocycles. The number of fused-ring (bicyclic) bond motifs is 3. The van der Waals surface area contributed by atoms with Gasteiger partial charge in [0.05, 0.1) is 43.3 Å². The zero-order valence-corrected chi connectivity index (χ0v) is 17.2. The summed E-state index contributed by atoms with van der Waals surface area (Å²) in [6, 6.07) is 0.612. The highest BCUT2D eigenvalue weighted by molar-refractivity contribution is 5.97. The summed E-state index contributed by atoms with van der Waals surface area (Å²) in [5.41, 5.74) is 6.58. The van der Waals surface area contributed by atoms with Crippen molar-refractivity contribution >= 4 is 22.6 Å². The number of rotatable bonds is 8. The summed E-state index contributed by atoms with van der Waals surface area (Å²) in [4.78, 5) is 21.2. The van der Waals surface area contributed by atoms with Gasteiger partial charge in [-0.3, -0.25) is 4.79 Å². The third-order valence-electron chi connectivity index (χ3n) is 4.67. The summed E-state index contributed by atoms with van der Waals surface area (Å²) in [5, 5.41) is 9.78. The minimum atomic E-state index is -4.72. The number of hydrogen-bond acceptors (Lipinski definition) is 8. The molecule has 1 atom stereocenters.